The van der Waals surface area contributed by atoms with Gasteiger partial charge in [0.25, 0.3) is 5.91 Å². The van der Waals surface area contributed by atoms with Crippen molar-refractivity contribution in [3.63, 3.8) is 0 Å². The van der Waals surface area contributed by atoms with E-state index in [1.54, 1.807) is 11.3 Å². The van der Waals surface area contributed by atoms with Gasteiger partial charge in [-0.15, -0.1) is 16.4 Å². The smallest absolute Gasteiger partial charge is 0.256 e. The highest BCUT2D eigenvalue weighted by Gasteiger charge is 2.50. The second-order valence-electron chi connectivity index (χ2n) is 8.54. The van der Waals surface area contributed by atoms with Crippen LogP contribution in [0.1, 0.15) is 36.1 Å². The summed E-state index contributed by atoms with van der Waals surface area (Å²) in [5.74, 6) is 1.61. The molecule has 1 amide bonds. The van der Waals surface area contributed by atoms with Gasteiger partial charge in [-0.05, 0) is 51.4 Å². The number of carbonyl (C=O) groups is 1. The molecule has 1 aliphatic heterocycles. The highest BCUT2D eigenvalue weighted by Crippen LogP contribution is 2.41. The van der Waals surface area contributed by atoms with Crippen molar-refractivity contribution in [3.8, 4) is 22.5 Å². The molecule has 0 saturated heterocycles. The number of hydrogen-bond acceptors (Lipinski definition) is 6. The Kier molecular flexibility index (Phi) is 4.87. The summed E-state index contributed by atoms with van der Waals surface area (Å²) < 4.78 is 0. The molecule has 2 aliphatic rings. The molecule has 1 saturated carbocycles. The van der Waals surface area contributed by atoms with E-state index in [0.29, 0.717) is 12.4 Å². The first kappa shape index (κ1) is 20.0. The number of nitrogens with zero attached hydrogens (tertiary/aromatic N) is 5. The molecule has 3 heterocycles. The number of hydrogen-bond donors (Lipinski definition) is 1. The standard InChI is InChI=1S/C25H22N6OS/c32-24-25(13-3-4-14-25)26-23(21-8-5-15-33-21)31(24)16-17-9-11-18(12-10-17)19-6-1-2-7-20(19)22-27-29-30-28-22/h1-2,5-12,15H,3-4,13-14,16H2,(H,27,28,29,30). The molecule has 2 aromatic heterocycles. The molecule has 0 radical (unpaired) electrons. The van der Waals surface area contributed by atoms with Crippen LogP contribution >= 0.6 is 11.3 Å². The average Bonchev–Trinajstić information content (AvgIpc) is 3.66. The largest absolute Gasteiger partial charge is 0.289 e. The third kappa shape index (κ3) is 3.47. The highest BCUT2D eigenvalue weighted by atomic mass is 32.1. The Balaban J connectivity index is 1.30. The van der Waals surface area contributed by atoms with E-state index in [1.165, 1.54) is 0 Å². The highest BCUT2D eigenvalue weighted by molar-refractivity contribution is 7.12. The number of aliphatic imine (C=N–C) groups is 1. The van der Waals surface area contributed by atoms with Gasteiger partial charge < -0.3 is 0 Å². The van der Waals surface area contributed by atoms with Crippen LogP contribution in [0.3, 0.4) is 0 Å². The molecule has 1 fully saturated rings. The van der Waals surface area contributed by atoms with Crippen molar-refractivity contribution in [2.45, 2.75) is 37.8 Å². The van der Waals surface area contributed by atoms with E-state index in [9.17, 15) is 4.79 Å². The molecule has 164 valence electrons. The molecule has 1 spiro atoms. The molecule has 1 N–H and O–H groups in total. The Bertz CT molecular complexity index is 1310. The van der Waals surface area contributed by atoms with Gasteiger partial charge in [0, 0.05) is 5.56 Å². The Morgan fingerprint density at radius 2 is 1.76 bits per heavy atom. The minimum atomic E-state index is -0.552. The van der Waals surface area contributed by atoms with Gasteiger partial charge >= 0.3 is 0 Å². The van der Waals surface area contributed by atoms with Crippen LogP contribution in [0.15, 0.2) is 71.0 Å². The lowest BCUT2D eigenvalue weighted by atomic mass is 9.97. The van der Waals surface area contributed by atoms with Crippen LogP contribution in [0.5, 0.6) is 0 Å². The lowest BCUT2D eigenvalue weighted by Crippen LogP contribution is -2.40. The fourth-order valence-electron chi connectivity index (χ4n) is 4.87. The fourth-order valence-corrected chi connectivity index (χ4v) is 5.59. The monoisotopic (exact) mass is 454 g/mol. The molecule has 1 aliphatic carbocycles. The number of rotatable bonds is 5. The number of amidine groups is 1. The molecule has 0 atom stereocenters. The van der Waals surface area contributed by atoms with Gasteiger partial charge in [0.15, 0.2) is 5.82 Å². The summed E-state index contributed by atoms with van der Waals surface area (Å²) in [5, 5.41) is 16.3. The number of H-pyrrole nitrogens is 1. The zero-order valence-corrected chi connectivity index (χ0v) is 18.8. The number of nitrogens with one attached hydrogen (secondary N) is 1. The summed E-state index contributed by atoms with van der Waals surface area (Å²) in [6.45, 7) is 0.519. The zero-order chi connectivity index (χ0) is 22.3. The molecule has 6 rings (SSSR count). The van der Waals surface area contributed by atoms with Crippen LogP contribution in [-0.2, 0) is 11.3 Å². The van der Waals surface area contributed by atoms with Crippen LogP contribution in [0.4, 0.5) is 0 Å². The van der Waals surface area contributed by atoms with E-state index in [2.05, 4.69) is 57.0 Å². The Hall–Kier alpha value is -3.65. The van der Waals surface area contributed by atoms with Gasteiger partial charge in [-0.1, -0.05) is 67.4 Å². The summed E-state index contributed by atoms with van der Waals surface area (Å²) >= 11 is 1.63. The minimum Gasteiger partial charge on any atom is -0.289 e. The van der Waals surface area contributed by atoms with Crippen molar-refractivity contribution < 1.29 is 4.79 Å². The van der Waals surface area contributed by atoms with E-state index in [0.717, 1.165) is 58.6 Å². The molecular weight excluding hydrogens is 432 g/mol. The number of thiophene rings is 1. The lowest BCUT2D eigenvalue weighted by molar-refractivity contribution is -0.131. The maximum Gasteiger partial charge on any atom is 0.256 e. The van der Waals surface area contributed by atoms with Gasteiger partial charge in [0.1, 0.15) is 11.4 Å². The van der Waals surface area contributed by atoms with E-state index in [4.69, 9.17) is 4.99 Å². The number of amides is 1. The molecule has 7 nitrogen and oxygen atoms in total. The quantitative estimate of drug-likeness (QED) is 0.474. The second kappa shape index (κ2) is 8.04. The summed E-state index contributed by atoms with van der Waals surface area (Å²) in [5.41, 5.74) is 3.58. The normalized spacial score (nSPS) is 17.2. The van der Waals surface area contributed by atoms with Crippen molar-refractivity contribution in [2.24, 2.45) is 4.99 Å². The number of tetrazole rings is 1. The van der Waals surface area contributed by atoms with Crippen LogP contribution in [0.25, 0.3) is 22.5 Å². The van der Waals surface area contributed by atoms with Gasteiger partial charge in [-0.3, -0.25) is 14.7 Å². The molecule has 33 heavy (non-hydrogen) atoms. The number of aromatic amines is 1. The molecule has 0 bridgehead atoms. The maximum atomic E-state index is 13.5. The number of carbonyl (C=O) groups excluding carboxylic acids is 1. The first-order chi connectivity index (χ1) is 16.2. The average molecular weight is 455 g/mol. The van der Waals surface area contributed by atoms with E-state index in [1.807, 2.05) is 34.5 Å². The minimum absolute atomic E-state index is 0.149. The van der Waals surface area contributed by atoms with E-state index >= 15 is 0 Å². The van der Waals surface area contributed by atoms with Crippen molar-refractivity contribution >= 4 is 23.1 Å². The number of benzene rings is 2. The van der Waals surface area contributed by atoms with E-state index in [-0.39, 0.29) is 5.91 Å². The molecule has 2 aromatic carbocycles. The SMILES string of the molecule is O=C1N(Cc2ccc(-c3ccccc3-c3nnn[nH]3)cc2)C(c2cccs2)=NC12CCCC2. The Morgan fingerprint density at radius 3 is 2.45 bits per heavy atom. The molecule has 4 aromatic rings. The van der Waals surface area contributed by atoms with Crippen LogP contribution in [-0.4, -0.2) is 42.8 Å². The topological polar surface area (TPSA) is 87.1 Å². The summed E-state index contributed by atoms with van der Waals surface area (Å²) in [6.07, 6.45) is 3.83. The molecule has 0 unspecified atom stereocenters. The molecular formula is C25H22N6OS. The van der Waals surface area contributed by atoms with Crippen molar-refractivity contribution in [1.82, 2.24) is 25.5 Å². The predicted octanol–water partition coefficient (Wildman–Crippen LogP) is 4.70. The fraction of sp³-hybridized carbons (Fsp3) is 0.240. The lowest BCUT2D eigenvalue weighted by Gasteiger charge is -2.22. The van der Waals surface area contributed by atoms with Crippen molar-refractivity contribution in [1.29, 1.82) is 0 Å². The van der Waals surface area contributed by atoms with Crippen molar-refractivity contribution in [3.05, 3.63) is 76.5 Å². The first-order valence-electron chi connectivity index (χ1n) is 11.1. The first-order valence-corrected chi connectivity index (χ1v) is 12.0. The number of aromatic nitrogens is 4. The molecule has 8 heteroatoms. The van der Waals surface area contributed by atoms with Crippen LogP contribution in [0, 0.1) is 0 Å². The van der Waals surface area contributed by atoms with Gasteiger partial charge in [-0.2, -0.15) is 0 Å². The second-order valence-corrected chi connectivity index (χ2v) is 9.48. The third-order valence-corrected chi connectivity index (χ3v) is 7.39. The van der Waals surface area contributed by atoms with Crippen LogP contribution < -0.4 is 0 Å². The Morgan fingerprint density at radius 1 is 0.970 bits per heavy atom. The van der Waals surface area contributed by atoms with Gasteiger partial charge in [0.05, 0.1) is 11.4 Å². The van der Waals surface area contributed by atoms with E-state index < -0.39 is 5.54 Å². The van der Waals surface area contributed by atoms with Crippen LogP contribution in [0.2, 0.25) is 0 Å². The van der Waals surface area contributed by atoms with Gasteiger partial charge in [-0.25, -0.2) is 5.10 Å². The Labute approximate surface area is 195 Å². The van der Waals surface area contributed by atoms with Crippen molar-refractivity contribution in [2.75, 3.05) is 0 Å². The summed E-state index contributed by atoms with van der Waals surface area (Å²) in [6, 6.07) is 20.5. The predicted molar refractivity (Wildman–Crippen MR) is 128 cm³/mol. The third-order valence-electron chi connectivity index (χ3n) is 6.52. The van der Waals surface area contributed by atoms with Gasteiger partial charge in [0.2, 0.25) is 0 Å². The zero-order valence-electron chi connectivity index (χ0n) is 17.9. The summed E-state index contributed by atoms with van der Waals surface area (Å²) in [7, 11) is 0. The summed E-state index contributed by atoms with van der Waals surface area (Å²) in [4.78, 5) is 21.4. The maximum absolute atomic E-state index is 13.5.